The number of methoxy groups -OCH3 is 1. The van der Waals surface area contributed by atoms with Crippen molar-refractivity contribution in [1.29, 1.82) is 0 Å². The van der Waals surface area contributed by atoms with Crippen molar-refractivity contribution >= 4 is 0 Å². The Balaban J connectivity index is 2.76. The van der Waals surface area contributed by atoms with Crippen LogP contribution >= 0.6 is 0 Å². The zero-order chi connectivity index (χ0) is 14.5. The highest BCUT2D eigenvalue weighted by molar-refractivity contribution is 5.41. The summed E-state index contributed by atoms with van der Waals surface area (Å²) in [4.78, 5) is 0. The fraction of sp³-hybridized carbons (Fsp3) is 0.647. The first-order chi connectivity index (χ1) is 8.88. The fourth-order valence-electron chi connectivity index (χ4n) is 2.27. The molecule has 0 aliphatic carbocycles. The number of ether oxygens (including phenoxy) is 1. The van der Waals surface area contributed by atoms with E-state index in [4.69, 9.17) is 10.5 Å². The number of aryl methyl sites for hydroxylation is 1. The second-order valence-electron chi connectivity index (χ2n) is 6.35. The Hall–Kier alpha value is -1.02. The summed E-state index contributed by atoms with van der Waals surface area (Å²) in [7, 11) is 1.74. The summed E-state index contributed by atoms with van der Waals surface area (Å²) in [6.07, 6.45) is 4.43. The van der Waals surface area contributed by atoms with Crippen LogP contribution in [0.2, 0.25) is 0 Å². The zero-order valence-corrected chi connectivity index (χ0v) is 13.1. The molecule has 1 aromatic rings. The number of hydrogen-bond acceptors (Lipinski definition) is 2. The van der Waals surface area contributed by atoms with E-state index in [1.807, 2.05) is 0 Å². The summed E-state index contributed by atoms with van der Waals surface area (Å²) in [5, 5.41) is 0. The third kappa shape index (κ3) is 4.87. The van der Waals surface area contributed by atoms with E-state index in [2.05, 4.69) is 45.9 Å². The van der Waals surface area contributed by atoms with Crippen LogP contribution in [-0.4, -0.2) is 13.2 Å². The summed E-state index contributed by atoms with van der Waals surface area (Å²) in [6, 6.07) is 6.90. The third-order valence-corrected chi connectivity index (χ3v) is 3.64. The highest BCUT2D eigenvalue weighted by Gasteiger charge is 2.19. The molecule has 0 heterocycles. The molecular formula is C17H29NO. The lowest BCUT2D eigenvalue weighted by Gasteiger charge is -2.23. The van der Waals surface area contributed by atoms with Crippen molar-refractivity contribution in [2.45, 2.75) is 64.8 Å². The van der Waals surface area contributed by atoms with E-state index in [-0.39, 0.29) is 5.41 Å². The van der Waals surface area contributed by atoms with Gasteiger partial charge in [-0.15, -0.1) is 0 Å². The number of benzene rings is 1. The average Bonchev–Trinajstić information content (AvgIpc) is 2.37. The molecule has 0 radical (unpaired) electrons. The van der Waals surface area contributed by atoms with E-state index in [0.717, 1.165) is 31.4 Å². The van der Waals surface area contributed by atoms with Gasteiger partial charge in [-0.05, 0) is 48.3 Å². The van der Waals surface area contributed by atoms with Crippen LogP contribution in [0, 0.1) is 0 Å². The van der Waals surface area contributed by atoms with Gasteiger partial charge in [0.25, 0.3) is 0 Å². The van der Waals surface area contributed by atoms with Crippen LogP contribution in [0.1, 0.15) is 58.1 Å². The minimum Gasteiger partial charge on any atom is -0.496 e. The van der Waals surface area contributed by atoms with Crippen molar-refractivity contribution in [3.05, 3.63) is 29.3 Å². The molecule has 108 valence electrons. The normalized spacial score (nSPS) is 13.4. The highest BCUT2D eigenvalue weighted by Crippen LogP contribution is 2.32. The number of nitrogens with two attached hydrogens (primary N) is 1. The Kier molecular flexibility index (Phi) is 5.86. The fourth-order valence-corrected chi connectivity index (χ4v) is 2.27. The van der Waals surface area contributed by atoms with Crippen molar-refractivity contribution in [1.82, 2.24) is 0 Å². The van der Waals surface area contributed by atoms with Crippen molar-refractivity contribution in [3.63, 3.8) is 0 Å². The summed E-state index contributed by atoms with van der Waals surface area (Å²) in [5.74, 6) is 0.988. The molecule has 0 fully saturated rings. The van der Waals surface area contributed by atoms with Crippen LogP contribution in [0.3, 0.4) is 0 Å². The molecule has 2 N–H and O–H groups in total. The van der Waals surface area contributed by atoms with Gasteiger partial charge in [-0.25, -0.2) is 0 Å². The van der Waals surface area contributed by atoms with Gasteiger partial charge in [-0.1, -0.05) is 39.8 Å². The Morgan fingerprint density at radius 2 is 1.95 bits per heavy atom. The molecular weight excluding hydrogens is 234 g/mol. The van der Waals surface area contributed by atoms with E-state index < -0.39 is 0 Å². The van der Waals surface area contributed by atoms with Gasteiger partial charge < -0.3 is 10.5 Å². The SMILES string of the molecule is CCC(N)CCCc1ccc(OC)c(C(C)(C)C)c1. The maximum Gasteiger partial charge on any atom is 0.122 e. The standard InChI is InChI=1S/C17H29NO/c1-6-14(18)9-7-8-13-10-11-16(19-5)15(12-13)17(2,3)4/h10-12,14H,6-9,18H2,1-5H3. The number of rotatable bonds is 6. The van der Waals surface area contributed by atoms with Gasteiger partial charge in [0, 0.05) is 6.04 Å². The van der Waals surface area contributed by atoms with Gasteiger partial charge in [-0.3, -0.25) is 0 Å². The van der Waals surface area contributed by atoms with Gasteiger partial charge in [0.2, 0.25) is 0 Å². The Labute approximate surface area is 118 Å². The van der Waals surface area contributed by atoms with E-state index in [9.17, 15) is 0 Å². The molecule has 0 aliphatic heterocycles. The molecule has 0 aromatic heterocycles. The summed E-state index contributed by atoms with van der Waals surface area (Å²) in [6.45, 7) is 8.82. The van der Waals surface area contributed by atoms with Crippen LogP contribution in [-0.2, 0) is 11.8 Å². The summed E-state index contributed by atoms with van der Waals surface area (Å²) < 4.78 is 5.47. The van der Waals surface area contributed by atoms with E-state index in [1.165, 1.54) is 11.1 Å². The first-order valence-electron chi connectivity index (χ1n) is 7.31. The molecule has 0 aliphatic rings. The Bertz CT molecular complexity index is 393. The van der Waals surface area contributed by atoms with E-state index >= 15 is 0 Å². The first-order valence-corrected chi connectivity index (χ1v) is 7.31. The molecule has 1 rings (SSSR count). The van der Waals surface area contributed by atoms with Gasteiger partial charge in [0.05, 0.1) is 7.11 Å². The Morgan fingerprint density at radius 1 is 1.26 bits per heavy atom. The minimum atomic E-state index is 0.112. The molecule has 0 saturated carbocycles. The van der Waals surface area contributed by atoms with Crippen LogP contribution in [0.5, 0.6) is 5.75 Å². The van der Waals surface area contributed by atoms with Gasteiger partial charge in [0.1, 0.15) is 5.75 Å². The lowest BCUT2D eigenvalue weighted by molar-refractivity contribution is 0.397. The third-order valence-electron chi connectivity index (χ3n) is 3.64. The molecule has 2 heteroatoms. The molecule has 1 unspecified atom stereocenters. The van der Waals surface area contributed by atoms with Gasteiger partial charge in [0.15, 0.2) is 0 Å². The first kappa shape index (κ1) is 16.0. The predicted molar refractivity (Wildman–Crippen MR) is 82.9 cm³/mol. The molecule has 2 nitrogen and oxygen atoms in total. The maximum atomic E-state index is 5.96. The molecule has 19 heavy (non-hydrogen) atoms. The predicted octanol–water partition coefficient (Wildman–Crippen LogP) is 4.05. The van der Waals surface area contributed by atoms with Gasteiger partial charge >= 0.3 is 0 Å². The maximum absolute atomic E-state index is 5.96. The average molecular weight is 263 g/mol. The molecule has 1 atom stereocenters. The Morgan fingerprint density at radius 3 is 2.47 bits per heavy atom. The molecule has 0 amide bonds. The van der Waals surface area contributed by atoms with Crippen molar-refractivity contribution < 1.29 is 4.74 Å². The molecule has 0 spiro atoms. The van der Waals surface area contributed by atoms with Crippen molar-refractivity contribution in [2.75, 3.05) is 7.11 Å². The second-order valence-corrected chi connectivity index (χ2v) is 6.35. The molecule has 0 saturated heterocycles. The van der Waals surface area contributed by atoms with E-state index in [0.29, 0.717) is 6.04 Å². The molecule has 1 aromatic carbocycles. The largest absolute Gasteiger partial charge is 0.496 e. The zero-order valence-electron chi connectivity index (χ0n) is 13.1. The monoisotopic (exact) mass is 263 g/mol. The number of hydrogen-bond donors (Lipinski definition) is 1. The van der Waals surface area contributed by atoms with E-state index in [1.54, 1.807) is 7.11 Å². The lowest BCUT2D eigenvalue weighted by atomic mass is 9.85. The quantitative estimate of drug-likeness (QED) is 0.840. The second kappa shape index (κ2) is 6.95. The van der Waals surface area contributed by atoms with Crippen molar-refractivity contribution in [2.24, 2.45) is 5.73 Å². The summed E-state index contributed by atoms with van der Waals surface area (Å²) >= 11 is 0. The van der Waals surface area contributed by atoms with Crippen molar-refractivity contribution in [3.8, 4) is 5.75 Å². The molecule has 0 bridgehead atoms. The van der Waals surface area contributed by atoms with Gasteiger partial charge in [-0.2, -0.15) is 0 Å². The van der Waals surface area contributed by atoms with Crippen LogP contribution in [0.25, 0.3) is 0 Å². The highest BCUT2D eigenvalue weighted by atomic mass is 16.5. The summed E-state index contributed by atoms with van der Waals surface area (Å²) in [5.41, 5.74) is 8.74. The lowest BCUT2D eigenvalue weighted by Crippen LogP contribution is -2.18. The minimum absolute atomic E-state index is 0.112. The smallest absolute Gasteiger partial charge is 0.122 e. The topological polar surface area (TPSA) is 35.2 Å². The van der Waals surface area contributed by atoms with Crippen LogP contribution < -0.4 is 10.5 Å². The van der Waals surface area contributed by atoms with Crippen LogP contribution in [0.15, 0.2) is 18.2 Å². The van der Waals surface area contributed by atoms with Crippen LogP contribution in [0.4, 0.5) is 0 Å².